The Kier molecular flexibility index (Phi) is 3.87. The van der Waals surface area contributed by atoms with Crippen LogP contribution in [0, 0.1) is 0 Å². The van der Waals surface area contributed by atoms with Gasteiger partial charge in [-0.2, -0.15) is 0 Å². The van der Waals surface area contributed by atoms with Gasteiger partial charge in [-0.15, -0.1) is 0 Å². The van der Waals surface area contributed by atoms with Gasteiger partial charge in [0.05, 0.1) is 0 Å². The van der Waals surface area contributed by atoms with Crippen molar-refractivity contribution in [3.63, 3.8) is 0 Å². The topological polar surface area (TPSA) is 18.5 Å². The van der Waals surface area contributed by atoms with E-state index in [1.165, 1.54) is 22.3 Å². The van der Waals surface area contributed by atoms with Gasteiger partial charge in [0, 0.05) is 0 Å². The number of ether oxygens (including phenoxy) is 2. The fourth-order valence-corrected chi connectivity index (χ4v) is 3.55. The summed E-state index contributed by atoms with van der Waals surface area (Å²) in [5.41, 5.74) is 5.75. The van der Waals surface area contributed by atoms with E-state index in [4.69, 9.17) is 9.47 Å². The number of para-hydroxylation sites is 4. The minimum absolute atomic E-state index is 0.770. The van der Waals surface area contributed by atoms with E-state index in [9.17, 15) is 0 Å². The zero-order chi connectivity index (χ0) is 18.1. The van der Waals surface area contributed by atoms with Crippen LogP contribution in [0.4, 0.5) is 0 Å². The fourth-order valence-electron chi connectivity index (χ4n) is 3.55. The van der Waals surface area contributed by atoms with Crippen molar-refractivity contribution in [1.82, 2.24) is 0 Å². The van der Waals surface area contributed by atoms with Crippen LogP contribution in [-0.2, 0) is 6.42 Å². The van der Waals surface area contributed by atoms with Crippen molar-refractivity contribution >= 4 is 0 Å². The molecule has 0 N–H and O–H groups in total. The van der Waals surface area contributed by atoms with Gasteiger partial charge in [-0.1, -0.05) is 72.8 Å². The Morgan fingerprint density at radius 2 is 0.741 bits per heavy atom. The quantitative estimate of drug-likeness (QED) is 0.298. The molecule has 0 spiro atoms. The molecule has 4 aromatic rings. The summed E-state index contributed by atoms with van der Waals surface area (Å²) in [5, 5.41) is 0. The second kappa shape index (κ2) is 6.65. The first-order chi connectivity index (χ1) is 13.4. The van der Waals surface area contributed by atoms with Crippen LogP contribution < -0.4 is 9.47 Å². The highest BCUT2D eigenvalue weighted by Gasteiger charge is 2.17. The first kappa shape index (κ1) is 15.7. The molecule has 1 heterocycles. The summed E-state index contributed by atoms with van der Waals surface area (Å²) in [6.45, 7) is 0. The lowest BCUT2D eigenvalue weighted by atomic mass is 10.1. The highest BCUT2D eigenvalue weighted by molar-refractivity contribution is 5.76. The van der Waals surface area contributed by atoms with E-state index in [-0.39, 0.29) is 0 Å². The third kappa shape index (κ3) is 2.96. The van der Waals surface area contributed by atoms with Crippen LogP contribution in [0.25, 0.3) is 11.1 Å². The second-order valence-electron chi connectivity index (χ2n) is 6.59. The van der Waals surface area contributed by atoms with E-state index in [0.29, 0.717) is 0 Å². The maximum Gasteiger partial charge on any atom is 0.170 e. The maximum atomic E-state index is 5.65. The standard InChI is InChI=1S/C13H10.C12H8O2/c1-3-7-12-10(5-1)9-11-6-2-4-8-13(11)12;1-2-6-10-9(5-1)13-11-7-3-4-8-12(11)14-10/h1-8H,9H2;1-8H. The number of rotatable bonds is 0. The lowest BCUT2D eigenvalue weighted by Gasteiger charge is -2.19. The normalized spacial score (nSPS) is 12.1. The van der Waals surface area contributed by atoms with Crippen molar-refractivity contribution in [2.75, 3.05) is 0 Å². The Labute approximate surface area is 158 Å². The van der Waals surface area contributed by atoms with Gasteiger partial charge in [0.25, 0.3) is 0 Å². The van der Waals surface area contributed by atoms with Gasteiger partial charge in [0.1, 0.15) is 0 Å². The summed E-state index contributed by atoms with van der Waals surface area (Å²) in [5.74, 6) is 3.08. The van der Waals surface area contributed by atoms with E-state index in [2.05, 4.69) is 48.5 Å². The van der Waals surface area contributed by atoms with Crippen LogP contribution in [-0.4, -0.2) is 0 Å². The Morgan fingerprint density at radius 3 is 1.15 bits per heavy atom. The monoisotopic (exact) mass is 350 g/mol. The first-order valence-electron chi connectivity index (χ1n) is 9.08. The molecule has 0 unspecified atom stereocenters. The number of benzene rings is 4. The molecule has 0 radical (unpaired) electrons. The molecule has 0 atom stereocenters. The molecule has 1 aliphatic heterocycles. The zero-order valence-electron chi connectivity index (χ0n) is 14.8. The molecular weight excluding hydrogens is 332 g/mol. The summed E-state index contributed by atoms with van der Waals surface area (Å²) < 4.78 is 11.3. The molecule has 1 aliphatic carbocycles. The Morgan fingerprint density at radius 1 is 0.407 bits per heavy atom. The summed E-state index contributed by atoms with van der Waals surface area (Å²) in [4.78, 5) is 0. The van der Waals surface area contributed by atoms with E-state index in [1.54, 1.807) is 0 Å². The van der Waals surface area contributed by atoms with Gasteiger partial charge >= 0.3 is 0 Å². The summed E-state index contributed by atoms with van der Waals surface area (Å²) in [7, 11) is 0. The molecule has 0 amide bonds. The highest BCUT2D eigenvalue weighted by Crippen LogP contribution is 2.44. The molecule has 0 bridgehead atoms. The minimum atomic E-state index is 0.770. The number of hydrogen-bond donors (Lipinski definition) is 0. The molecule has 0 saturated heterocycles. The van der Waals surface area contributed by atoms with Crippen molar-refractivity contribution in [2.45, 2.75) is 6.42 Å². The largest absolute Gasteiger partial charge is 0.450 e. The van der Waals surface area contributed by atoms with Crippen LogP contribution >= 0.6 is 0 Å². The highest BCUT2D eigenvalue weighted by atomic mass is 16.6. The van der Waals surface area contributed by atoms with Crippen molar-refractivity contribution in [2.24, 2.45) is 0 Å². The van der Waals surface area contributed by atoms with Gasteiger partial charge in [-0.25, -0.2) is 0 Å². The SMILES string of the molecule is c1ccc2c(c1)Cc1ccccc1-2.c1ccc2c(c1)Oc1ccccc1O2. The van der Waals surface area contributed by atoms with Crippen LogP contribution in [0.2, 0.25) is 0 Å². The molecule has 2 aliphatic rings. The molecule has 27 heavy (non-hydrogen) atoms. The van der Waals surface area contributed by atoms with Gasteiger partial charge < -0.3 is 9.47 Å². The van der Waals surface area contributed by atoms with Crippen LogP contribution in [0.1, 0.15) is 11.1 Å². The molecule has 0 saturated carbocycles. The van der Waals surface area contributed by atoms with Gasteiger partial charge in [-0.3, -0.25) is 0 Å². The Hall–Kier alpha value is -3.52. The van der Waals surface area contributed by atoms with Crippen LogP contribution in [0.3, 0.4) is 0 Å². The zero-order valence-corrected chi connectivity index (χ0v) is 14.8. The molecule has 0 fully saturated rings. The second-order valence-corrected chi connectivity index (χ2v) is 6.59. The molecule has 4 aromatic carbocycles. The molecule has 2 nitrogen and oxygen atoms in total. The number of hydrogen-bond acceptors (Lipinski definition) is 2. The lowest BCUT2D eigenvalue weighted by Crippen LogP contribution is -1.97. The van der Waals surface area contributed by atoms with Crippen LogP contribution in [0.15, 0.2) is 97.1 Å². The van der Waals surface area contributed by atoms with Crippen molar-refractivity contribution < 1.29 is 9.47 Å². The summed E-state index contributed by atoms with van der Waals surface area (Å²) in [6.07, 6.45) is 1.10. The summed E-state index contributed by atoms with van der Waals surface area (Å²) in [6, 6.07) is 32.6. The average Bonchev–Trinajstić information content (AvgIpc) is 3.11. The Balaban J connectivity index is 0.000000119. The van der Waals surface area contributed by atoms with Gasteiger partial charge in [-0.05, 0) is 52.9 Å². The third-order valence-corrected chi connectivity index (χ3v) is 4.84. The minimum Gasteiger partial charge on any atom is -0.450 e. The van der Waals surface area contributed by atoms with Crippen molar-refractivity contribution in [3.05, 3.63) is 108 Å². The molecule has 6 rings (SSSR count). The summed E-state index contributed by atoms with van der Waals surface area (Å²) >= 11 is 0. The molecule has 130 valence electrons. The van der Waals surface area contributed by atoms with Crippen LogP contribution in [0.5, 0.6) is 23.0 Å². The van der Waals surface area contributed by atoms with Gasteiger partial charge in [0.2, 0.25) is 0 Å². The average molecular weight is 350 g/mol. The fraction of sp³-hybridized carbons (Fsp3) is 0.0400. The van der Waals surface area contributed by atoms with E-state index in [0.717, 1.165) is 29.4 Å². The molecule has 2 heteroatoms. The number of fused-ring (bicyclic) bond motifs is 5. The van der Waals surface area contributed by atoms with Gasteiger partial charge in [0.15, 0.2) is 23.0 Å². The Bertz CT molecular complexity index is 983. The van der Waals surface area contributed by atoms with Crippen molar-refractivity contribution in [3.8, 4) is 34.1 Å². The van der Waals surface area contributed by atoms with E-state index < -0.39 is 0 Å². The molecular formula is C25H18O2. The predicted octanol–water partition coefficient (Wildman–Crippen LogP) is 6.84. The van der Waals surface area contributed by atoms with Crippen molar-refractivity contribution in [1.29, 1.82) is 0 Å². The maximum absolute atomic E-state index is 5.65. The lowest BCUT2D eigenvalue weighted by molar-refractivity contribution is 0.359. The predicted molar refractivity (Wildman–Crippen MR) is 108 cm³/mol. The molecule has 0 aromatic heterocycles. The first-order valence-corrected chi connectivity index (χ1v) is 9.08. The smallest absolute Gasteiger partial charge is 0.170 e. The van der Waals surface area contributed by atoms with E-state index >= 15 is 0 Å². The van der Waals surface area contributed by atoms with E-state index in [1.807, 2.05) is 48.5 Å². The third-order valence-electron chi connectivity index (χ3n) is 4.84.